The van der Waals surface area contributed by atoms with Gasteiger partial charge in [0.05, 0.1) is 5.71 Å². The third-order valence-electron chi connectivity index (χ3n) is 2.65. The summed E-state index contributed by atoms with van der Waals surface area (Å²) in [7, 11) is 0. The van der Waals surface area contributed by atoms with Crippen molar-refractivity contribution in [2.75, 3.05) is 0 Å². The molecule has 1 unspecified atom stereocenters. The first-order valence-corrected chi connectivity index (χ1v) is 6.61. The minimum absolute atomic E-state index is 0.0896. The predicted octanol–water partition coefficient (Wildman–Crippen LogP) is 4.15. The molecule has 96 valence electrons. The van der Waals surface area contributed by atoms with E-state index in [-0.39, 0.29) is 6.08 Å². The number of nitrogens with zero attached hydrogens (tertiary/aromatic N) is 1. The SMILES string of the molecule is N=CC(C[C@@H]1CCC(I)C1)=N/C=C/C(F)(F)F. The monoisotopic (exact) mass is 358 g/mol. The largest absolute Gasteiger partial charge is 0.411 e. The number of alkyl halides is 4. The van der Waals surface area contributed by atoms with Crippen LogP contribution in [0.1, 0.15) is 25.7 Å². The number of halogens is 4. The zero-order valence-electron chi connectivity index (χ0n) is 9.17. The molecule has 0 aromatic carbocycles. The van der Waals surface area contributed by atoms with Crippen LogP contribution in [0.2, 0.25) is 0 Å². The number of aliphatic imine (C=N–C) groups is 1. The molecule has 17 heavy (non-hydrogen) atoms. The molecule has 0 saturated heterocycles. The fourth-order valence-electron chi connectivity index (χ4n) is 1.86. The van der Waals surface area contributed by atoms with Gasteiger partial charge in [-0.05, 0) is 31.6 Å². The van der Waals surface area contributed by atoms with Crippen LogP contribution in [0, 0.1) is 11.3 Å². The van der Waals surface area contributed by atoms with Gasteiger partial charge in [-0.3, -0.25) is 4.99 Å². The van der Waals surface area contributed by atoms with E-state index < -0.39 is 6.18 Å². The van der Waals surface area contributed by atoms with Gasteiger partial charge < -0.3 is 5.41 Å². The van der Waals surface area contributed by atoms with E-state index in [1.807, 2.05) is 0 Å². The summed E-state index contributed by atoms with van der Waals surface area (Å²) in [5, 5.41) is 7.14. The van der Waals surface area contributed by atoms with E-state index in [4.69, 9.17) is 5.41 Å². The van der Waals surface area contributed by atoms with Gasteiger partial charge in [-0.2, -0.15) is 13.2 Å². The molecule has 1 fully saturated rings. The topological polar surface area (TPSA) is 36.2 Å². The van der Waals surface area contributed by atoms with Crippen LogP contribution >= 0.6 is 22.6 Å². The summed E-state index contributed by atoms with van der Waals surface area (Å²) < 4.78 is 36.2. The van der Waals surface area contributed by atoms with E-state index in [2.05, 4.69) is 27.6 Å². The van der Waals surface area contributed by atoms with Crippen molar-refractivity contribution < 1.29 is 13.2 Å². The first-order valence-electron chi connectivity index (χ1n) is 5.36. The quantitative estimate of drug-likeness (QED) is 0.446. The van der Waals surface area contributed by atoms with E-state index in [1.165, 1.54) is 0 Å². The molecule has 0 bridgehead atoms. The lowest BCUT2D eigenvalue weighted by molar-refractivity contribution is -0.0799. The van der Waals surface area contributed by atoms with Crippen molar-refractivity contribution in [3.05, 3.63) is 12.3 Å². The van der Waals surface area contributed by atoms with Crippen LogP contribution < -0.4 is 0 Å². The van der Waals surface area contributed by atoms with Crippen LogP contribution in [-0.4, -0.2) is 22.0 Å². The van der Waals surface area contributed by atoms with Crippen LogP contribution in [-0.2, 0) is 0 Å². The van der Waals surface area contributed by atoms with Gasteiger partial charge in [0.2, 0.25) is 0 Å². The zero-order chi connectivity index (χ0) is 12.9. The summed E-state index contributed by atoms with van der Waals surface area (Å²) in [6.07, 6.45) is 1.42. The average molecular weight is 358 g/mol. The minimum atomic E-state index is -4.34. The van der Waals surface area contributed by atoms with Gasteiger partial charge in [-0.25, -0.2) is 0 Å². The molecule has 0 heterocycles. The van der Waals surface area contributed by atoms with Crippen LogP contribution in [0.5, 0.6) is 0 Å². The second-order valence-electron chi connectivity index (χ2n) is 4.10. The summed E-state index contributed by atoms with van der Waals surface area (Å²) in [4.78, 5) is 3.69. The molecule has 0 spiro atoms. The van der Waals surface area contributed by atoms with Gasteiger partial charge in [0, 0.05) is 22.4 Å². The second kappa shape index (κ2) is 6.51. The van der Waals surface area contributed by atoms with Crippen molar-refractivity contribution in [3.8, 4) is 0 Å². The summed E-state index contributed by atoms with van der Waals surface area (Å²) in [6.45, 7) is 0. The highest BCUT2D eigenvalue weighted by molar-refractivity contribution is 14.1. The van der Waals surface area contributed by atoms with Crippen LogP contribution in [0.3, 0.4) is 0 Å². The van der Waals surface area contributed by atoms with E-state index in [9.17, 15) is 13.2 Å². The zero-order valence-corrected chi connectivity index (χ0v) is 11.3. The molecule has 6 heteroatoms. The number of rotatable bonds is 4. The van der Waals surface area contributed by atoms with E-state index in [1.54, 1.807) is 0 Å². The smallest absolute Gasteiger partial charge is 0.307 e. The van der Waals surface area contributed by atoms with E-state index in [0.29, 0.717) is 22.0 Å². The Balaban J connectivity index is 2.51. The van der Waals surface area contributed by atoms with Crippen molar-refractivity contribution >= 4 is 34.5 Å². The van der Waals surface area contributed by atoms with E-state index >= 15 is 0 Å². The molecule has 2 nitrogen and oxygen atoms in total. The van der Waals surface area contributed by atoms with Crippen LogP contribution in [0.25, 0.3) is 0 Å². The highest BCUT2D eigenvalue weighted by Gasteiger charge is 2.24. The fraction of sp³-hybridized carbons (Fsp3) is 0.636. The molecule has 0 radical (unpaired) electrons. The molecule has 1 aliphatic carbocycles. The normalized spacial score (nSPS) is 26.7. The van der Waals surface area contributed by atoms with Crippen molar-refractivity contribution in [1.29, 1.82) is 5.41 Å². The predicted molar refractivity (Wildman–Crippen MR) is 71.2 cm³/mol. The Kier molecular flexibility index (Phi) is 5.61. The lowest BCUT2D eigenvalue weighted by atomic mass is 10.0. The molecular formula is C11H14F3IN2. The Bertz CT molecular complexity index is 323. The molecule has 0 amide bonds. The van der Waals surface area contributed by atoms with Gasteiger partial charge in [-0.15, -0.1) is 0 Å². The lowest BCUT2D eigenvalue weighted by Crippen LogP contribution is -2.07. The molecule has 1 N–H and O–H groups in total. The maximum atomic E-state index is 11.9. The number of allylic oxidation sites excluding steroid dienone is 1. The van der Waals surface area contributed by atoms with Crippen molar-refractivity contribution in [3.63, 3.8) is 0 Å². The second-order valence-corrected chi connectivity index (χ2v) is 5.86. The number of hydrogen-bond acceptors (Lipinski definition) is 2. The van der Waals surface area contributed by atoms with Gasteiger partial charge >= 0.3 is 6.18 Å². The molecule has 1 aliphatic rings. The summed E-state index contributed by atoms with van der Waals surface area (Å²) in [5.74, 6) is 0.455. The Hall–Kier alpha value is -0.400. The highest BCUT2D eigenvalue weighted by Crippen LogP contribution is 2.33. The number of nitrogens with one attached hydrogen (secondary N) is 1. The van der Waals surface area contributed by atoms with Crippen molar-refractivity contribution in [1.82, 2.24) is 0 Å². The van der Waals surface area contributed by atoms with Gasteiger partial charge in [0.15, 0.2) is 0 Å². The molecule has 1 saturated carbocycles. The van der Waals surface area contributed by atoms with Crippen LogP contribution in [0.4, 0.5) is 13.2 Å². The summed E-state index contributed by atoms with van der Waals surface area (Å²) in [5.41, 5.74) is 0.418. The highest BCUT2D eigenvalue weighted by atomic mass is 127. The molecule has 1 rings (SSSR count). The molecule has 0 aromatic heterocycles. The third kappa shape index (κ3) is 6.18. The molecule has 2 atom stereocenters. The molecule has 0 aliphatic heterocycles. The minimum Gasteiger partial charge on any atom is -0.307 e. The average Bonchev–Trinajstić information content (AvgIpc) is 2.60. The van der Waals surface area contributed by atoms with Crippen LogP contribution in [0.15, 0.2) is 17.3 Å². The van der Waals surface area contributed by atoms with E-state index in [0.717, 1.165) is 31.7 Å². The Labute approximate surface area is 112 Å². The standard InChI is InChI=1S/C11H14F3IN2/c12-11(13,14)3-4-17-10(7-16)6-8-1-2-9(15)5-8/h3-4,7-9,16H,1-2,5-6H2/b4-3+,16-7?,17-10?/t8-,9?/m1/s1. The number of hydrogen-bond donors (Lipinski definition) is 1. The Morgan fingerprint density at radius 2 is 2.12 bits per heavy atom. The van der Waals surface area contributed by atoms with Gasteiger partial charge in [-0.1, -0.05) is 22.6 Å². The first kappa shape index (κ1) is 14.7. The van der Waals surface area contributed by atoms with Gasteiger partial charge in [0.25, 0.3) is 0 Å². The fourth-order valence-corrected chi connectivity index (χ4v) is 2.94. The Morgan fingerprint density at radius 3 is 2.59 bits per heavy atom. The van der Waals surface area contributed by atoms with Crippen molar-refractivity contribution in [2.24, 2.45) is 10.9 Å². The van der Waals surface area contributed by atoms with Gasteiger partial charge in [0.1, 0.15) is 0 Å². The maximum absolute atomic E-state index is 11.9. The molecule has 0 aromatic rings. The first-order chi connectivity index (χ1) is 7.90. The molecular weight excluding hydrogens is 344 g/mol. The summed E-state index contributed by atoms with van der Waals surface area (Å²) >= 11 is 2.39. The third-order valence-corrected chi connectivity index (χ3v) is 3.78. The summed E-state index contributed by atoms with van der Waals surface area (Å²) in [6, 6.07) is 0. The van der Waals surface area contributed by atoms with Crippen molar-refractivity contribution in [2.45, 2.75) is 35.8 Å². The lowest BCUT2D eigenvalue weighted by Gasteiger charge is -2.07. The Morgan fingerprint density at radius 1 is 1.41 bits per heavy atom. The maximum Gasteiger partial charge on any atom is 0.411 e.